The SMILES string of the molecule is COc1cc(OC)c(-c2ccc(C=O)c(C)n2)c(OC)c1. The number of hydrogen-bond donors (Lipinski definition) is 0. The number of aryl methyl sites for hydroxylation is 1. The molecule has 2 rings (SSSR count). The number of aldehydes is 1. The van der Waals surface area contributed by atoms with E-state index in [4.69, 9.17) is 14.2 Å². The summed E-state index contributed by atoms with van der Waals surface area (Å²) in [5.74, 6) is 1.82. The molecule has 0 spiro atoms. The molecule has 0 aliphatic carbocycles. The Morgan fingerprint density at radius 2 is 1.62 bits per heavy atom. The number of nitrogens with zero attached hydrogens (tertiary/aromatic N) is 1. The molecule has 0 saturated carbocycles. The third-order valence-electron chi connectivity index (χ3n) is 3.22. The van der Waals surface area contributed by atoms with Crippen LogP contribution >= 0.6 is 0 Å². The maximum absolute atomic E-state index is 10.9. The van der Waals surface area contributed by atoms with Crippen molar-refractivity contribution >= 4 is 6.29 Å². The van der Waals surface area contributed by atoms with Gasteiger partial charge in [-0.3, -0.25) is 9.78 Å². The van der Waals surface area contributed by atoms with Gasteiger partial charge in [0.05, 0.1) is 32.6 Å². The predicted octanol–water partition coefficient (Wildman–Crippen LogP) is 2.90. The van der Waals surface area contributed by atoms with Crippen molar-refractivity contribution in [2.75, 3.05) is 21.3 Å². The van der Waals surface area contributed by atoms with Gasteiger partial charge in [-0.2, -0.15) is 0 Å². The lowest BCUT2D eigenvalue weighted by molar-refractivity contribution is 0.112. The minimum absolute atomic E-state index is 0.560. The molecule has 0 N–H and O–H groups in total. The quantitative estimate of drug-likeness (QED) is 0.791. The molecule has 5 heteroatoms. The van der Waals surface area contributed by atoms with Crippen molar-refractivity contribution in [3.63, 3.8) is 0 Å². The first-order valence-electron chi connectivity index (χ1n) is 6.37. The van der Waals surface area contributed by atoms with Crippen molar-refractivity contribution in [2.24, 2.45) is 0 Å². The molecule has 0 amide bonds. The average molecular weight is 287 g/mol. The summed E-state index contributed by atoms with van der Waals surface area (Å²) in [6.45, 7) is 1.79. The van der Waals surface area contributed by atoms with Crippen molar-refractivity contribution in [2.45, 2.75) is 6.92 Å². The van der Waals surface area contributed by atoms with Crippen LogP contribution in [-0.4, -0.2) is 32.6 Å². The number of ether oxygens (including phenoxy) is 3. The second-order valence-corrected chi connectivity index (χ2v) is 4.40. The number of carbonyl (C=O) groups is 1. The minimum atomic E-state index is 0.560. The zero-order valence-electron chi connectivity index (χ0n) is 12.5. The second kappa shape index (κ2) is 6.26. The van der Waals surface area contributed by atoms with E-state index >= 15 is 0 Å². The molecule has 1 aromatic heterocycles. The Morgan fingerprint density at radius 3 is 2.05 bits per heavy atom. The Kier molecular flexibility index (Phi) is 4.42. The molecule has 1 heterocycles. The highest BCUT2D eigenvalue weighted by atomic mass is 16.5. The summed E-state index contributed by atoms with van der Waals surface area (Å²) in [6, 6.07) is 7.03. The molecule has 2 aromatic rings. The number of aromatic nitrogens is 1. The Morgan fingerprint density at radius 1 is 1.00 bits per heavy atom. The van der Waals surface area contributed by atoms with Crippen LogP contribution in [0.3, 0.4) is 0 Å². The van der Waals surface area contributed by atoms with Crippen LogP contribution in [0.2, 0.25) is 0 Å². The number of methoxy groups -OCH3 is 3. The molecule has 0 aliphatic heterocycles. The van der Waals surface area contributed by atoms with E-state index in [1.165, 1.54) is 0 Å². The fraction of sp³-hybridized carbons (Fsp3) is 0.250. The van der Waals surface area contributed by atoms with Gasteiger partial charge in [0.15, 0.2) is 6.29 Å². The van der Waals surface area contributed by atoms with Gasteiger partial charge in [-0.1, -0.05) is 0 Å². The van der Waals surface area contributed by atoms with E-state index in [9.17, 15) is 4.79 Å². The van der Waals surface area contributed by atoms with Crippen LogP contribution in [-0.2, 0) is 0 Å². The van der Waals surface area contributed by atoms with E-state index in [0.29, 0.717) is 34.2 Å². The van der Waals surface area contributed by atoms with Crippen LogP contribution in [0.25, 0.3) is 11.3 Å². The molecule has 1 aromatic carbocycles. The van der Waals surface area contributed by atoms with Crippen molar-refractivity contribution in [1.82, 2.24) is 4.98 Å². The van der Waals surface area contributed by atoms with Gasteiger partial charge in [0.25, 0.3) is 0 Å². The molecule has 0 unspecified atom stereocenters. The molecule has 21 heavy (non-hydrogen) atoms. The number of benzene rings is 1. The predicted molar refractivity (Wildman–Crippen MR) is 79.5 cm³/mol. The molecule has 110 valence electrons. The Hall–Kier alpha value is -2.56. The van der Waals surface area contributed by atoms with Crippen molar-refractivity contribution in [3.05, 3.63) is 35.5 Å². The van der Waals surface area contributed by atoms with Gasteiger partial charge in [0.2, 0.25) is 0 Å². The molecule has 0 radical (unpaired) electrons. The zero-order chi connectivity index (χ0) is 15.4. The van der Waals surface area contributed by atoms with E-state index in [2.05, 4.69) is 4.98 Å². The van der Waals surface area contributed by atoms with E-state index in [0.717, 1.165) is 11.8 Å². The van der Waals surface area contributed by atoms with Gasteiger partial charge in [-0.05, 0) is 19.1 Å². The van der Waals surface area contributed by atoms with Gasteiger partial charge in [-0.25, -0.2) is 0 Å². The lowest BCUT2D eigenvalue weighted by Gasteiger charge is -2.15. The van der Waals surface area contributed by atoms with Crippen LogP contribution in [0.15, 0.2) is 24.3 Å². The van der Waals surface area contributed by atoms with Crippen LogP contribution in [0.1, 0.15) is 16.1 Å². The third-order valence-corrected chi connectivity index (χ3v) is 3.22. The van der Waals surface area contributed by atoms with Gasteiger partial charge in [-0.15, -0.1) is 0 Å². The largest absolute Gasteiger partial charge is 0.496 e. The van der Waals surface area contributed by atoms with E-state index < -0.39 is 0 Å². The first-order chi connectivity index (χ1) is 10.1. The van der Waals surface area contributed by atoms with Crippen LogP contribution in [0.4, 0.5) is 0 Å². The lowest BCUT2D eigenvalue weighted by Crippen LogP contribution is -1.98. The summed E-state index contributed by atoms with van der Waals surface area (Å²) < 4.78 is 16.0. The number of carbonyl (C=O) groups excluding carboxylic acids is 1. The number of hydrogen-bond acceptors (Lipinski definition) is 5. The summed E-state index contributed by atoms with van der Waals surface area (Å²) >= 11 is 0. The summed E-state index contributed by atoms with van der Waals surface area (Å²) in [6.07, 6.45) is 0.786. The van der Waals surface area contributed by atoms with E-state index in [1.807, 2.05) is 0 Å². The fourth-order valence-corrected chi connectivity index (χ4v) is 2.09. The van der Waals surface area contributed by atoms with Gasteiger partial charge in [0, 0.05) is 23.4 Å². The minimum Gasteiger partial charge on any atom is -0.496 e. The standard InChI is InChI=1S/C16H17NO4/c1-10-11(9-18)5-6-13(17-10)16-14(20-3)7-12(19-2)8-15(16)21-4/h5-9H,1-4H3. The molecule has 5 nitrogen and oxygen atoms in total. The molecule has 0 saturated heterocycles. The molecule has 0 fully saturated rings. The summed E-state index contributed by atoms with van der Waals surface area (Å²) in [5, 5.41) is 0. The molecule has 0 aliphatic rings. The zero-order valence-corrected chi connectivity index (χ0v) is 12.5. The Balaban J connectivity index is 2.66. The van der Waals surface area contributed by atoms with Crippen LogP contribution < -0.4 is 14.2 Å². The number of pyridine rings is 1. The molecular weight excluding hydrogens is 270 g/mol. The maximum atomic E-state index is 10.9. The topological polar surface area (TPSA) is 57.7 Å². The summed E-state index contributed by atoms with van der Waals surface area (Å²) in [7, 11) is 4.73. The van der Waals surface area contributed by atoms with E-state index in [-0.39, 0.29) is 0 Å². The van der Waals surface area contributed by atoms with Crippen molar-refractivity contribution in [3.8, 4) is 28.5 Å². The summed E-state index contributed by atoms with van der Waals surface area (Å²) in [5.41, 5.74) is 2.61. The highest BCUT2D eigenvalue weighted by molar-refractivity contribution is 5.80. The molecule has 0 atom stereocenters. The van der Waals surface area contributed by atoms with E-state index in [1.54, 1.807) is 52.5 Å². The highest BCUT2D eigenvalue weighted by Crippen LogP contribution is 2.41. The smallest absolute Gasteiger partial charge is 0.151 e. The van der Waals surface area contributed by atoms with Crippen molar-refractivity contribution in [1.29, 1.82) is 0 Å². The average Bonchev–Trinajstić information content (AvgIpc) is 2.53. The second-order valence-electron chi connectivity index (χ2n) is 4.40. The summed E-state index contributed by atoms with van der Waals surface area (Å²) in [4.78, 5) is 15.4. The van der Waals surface area contributed by atoms with Crippen LogP contribution in [0, 0.1) is 6.92 Å². The highest BCUT2D eigenvalue weighted by Gasteiger charge is 2.17. The first-order valence-corrected chi connectivity index (χ1v) is 6.37. The van der Waals surface area contributed by atoms with Crippen LogP contribution in [0.5, 0.6) is 17.2 Å². The van der Waals surface area contributed by atoms with Gasteiger partial charge >= 0.3 is 0 Å². The number of rotatable bonds is 5. The third kappa shape index (κ3) is 2.81. The molecular formula is C16H17NO4. The normalized spacial score (nSPS) is 10.1. The molecule has 0 bridgehead atoms. The fourth-order valence-electron chi connectivity index (χ4n) is 2.09. The Labute approximate surface area is 123 Å². The first kappa shape index (κ1) is 14.8. The monoisotopic (exact) mass is 287 g/mol. The van der Waals surface area contributed by atoms with Crippen molar-refractivity contribution < 1.29 is 19.0 Å². The van der Waals surface area contributed by atoms with Gasteiger partial charge in [0.1, 0.15) is 17.2 Å². The lowest BCUT2D eigenvalue weighted by atomic mass is 10.1. The Bertz CT molecular complexity index is 642. The maximum Gasteiger partial charge on any atom is 0.151 e. The van der Waals surface area contributed by atoms with Gasteiger partial charge < -0.3 is 14.2 Å².